The van der Waals surface area contributed by atoms with Gasteiger partial charge in [-0.15, -0.1) is 0 Å². The van der Waals surface area contributed by atoms with Crippen LogP contribution in [-0.2, 0) is 12.8 Å². The van der Waals surface area contributed by atoms with Gasteiger partial charge < -0.3 is 5.32 Å². The van der Waals surface area contributed by atoms with Gasteiger partial charge in [-0.2, -0.15) is 0 Å². The van der Waals surface area contributed by atoms with Gasteiger partial charge in [0.2, 0.25) is 0 Å². The number of rotatable bonds is 7. The van der Waals surface area contributed by atoms with Crippen molar-refractivity contribution >= 4 is 0 Å². The molecule has 2 heteroatoms. The lowest BCUT2D eigenvalue weighted by Crippen LogP contribution is -2.31. The Balaban J connectivity index is 1.94. The highest BCUT2D eigenvalue weighted by Gasteiger charge is 2.09. The third-order valence-electron chi connectivity index (χ3n) is 3.72. The van der Waals surface area contributed by atoms with Crippen LogP contribution in [0.15, 0.2) is 48.8 Å². The Morgan fingerprint density at radius 2 is 2.00 bits per heavy atom. The van der Waals surface area contributed by atoms with Gasteiger partial charge in [-0.1, -0.05) is 37.3 Å². The molecule has 0 aliphatic carbocycles. The van der Waals surface area contributed by atoms with Crippen LogP contribution in [0.4, 0.5) is 0 Å². The van der Waals surface area contributed by atoms with Crippen molar-refractivity contribution in [2.45, 2.75) is 39.2 Å². The van der Waals surface area contributed by atoms with E-state index in [0.717, 1.165) is 25.8 Å². The quantitative estimate of drug-likeness (QED) is 0.830. The monoisotopic (exact) mass is 268 g/mol. The van der Waals surface area contributed by atoms with Gasteiger partial charge in [-0.05, 0) is 55.5 Å². The number of pyridine rings is 1. The van der Waals surface area contributed by atoms with Crippen molar-refractivity contribution < 1.29 is 0 Å². The van der Waals surface area contributed by atoms with Crippen molar-refractivity contribution in [2.24, 2.45) is 0 Å². The van der Waals surface area contributed by atoms with Gasteiger partial charge in [-0.25, -0.2) is 0 Å². The SMILES string of the molecule is CCNC(CCc1ccccc1C)Cc1cccnc1. The molecule has 106 valence electrons. The zero-order valence-electron chi connectivity index (χ0n) is 12.5. The van der Waals surface area contributed by atoms with E-state index in [1.807, 2.05) is 18.5 Å². The van der Waals surface area contributed by atoms with Gasteiger partial charge in [0.25, 0.3) is 0 Å². The predicted octanol–water partition coefficient (Wildman–Crippen LogP) is 3.54. The number of aryl methyl sites for hydroxylation is 2. The summed E-state index contributed by atoms with van der Waals surface area (Å²) in [5.74, 6) is 0. The Bertz CT molecular complexity index is 508. The van der Waals surface area contributed by atoms with E-state index in [9.17, 15) is 0 Å². The molecule has 1 aromatic carbocycles. The molecule has 0 amide bonds. The lowest BCUT2D eigenvalue weighted by molar-refractivity contribution is 0.490. The molecule has 2 nitrogen and oxygen atoms in total. The molecule has 0 saturated carbocycles. The molecule has 1 heterocycles. The minimum Gasteiger partial charge on any atom is -0.314 e. The molecule has 0 aliphatic heterocycles. The standard InChI is InChI=1S/C18H24N2/c1-3-20-18(13-16-8-6-12-19-14-16)11-10-17-9-5-4-7-15(17)2/h4-9,12,14,18,20H,3,10-11,13H2,1-2H3. The van der Waals surface area contributed by atoms with E-state index >= 15 is 0 Å². The molecule has 1 atom stereocenters. The highest BCUT2D eigenvalue weighted by molar-refractivity contribution is 5.25. The van der Waals surface area contributed by atoms with Crippen LogP contribution in [-0.4, -0.2) is 17.6 Å². The molecular formula is C18H24N2. The van der Waals surface area contributed by atoms with Crippen LogP contribution < -0.4 is 5.32 Å². The smallest absolute Gasteiger partial charge is 0.0300 e. The van der Waals surface area contributed by atoms with Gasteiger partial charge in [0, 0.05) is 18.4 Å². The van der Waals surface area contributed by atoms with Crippen molar-refractivity contribution in [3.63, 3.8) is 0 Å². The van der Waals surface area contributed by atoms with E-state index in [4.69, 9.17) is 0 Å². The first-order valence-electron chi connectivity index (χ1n) is 7.46. The normalized spacial score (nSPS) is 12.3. The second-order valence-corrected chi connectivity index (χ2v) is 5.29. The van der Waals surface area contributed by atoms with E-state index in [0.29, 0.717) is 6.04 Å². The van der Waals surface area contributed by atoms with Gasteiger partial charge in [0.1, 0.15) is 0 Å². The summed E-state index contributed by atoms with van der Waals surface area (Å²) in [6, 6.07) is 13.4. The Hall–Kier alpha value is -1.67. The molecule has 0 fully saturated rings. The third-order valence-corrected chi connectivity index (χ3v) is 3.72. The Kier molecular flexibility index (Phi) is 5.75. The van der Waals surface area contributed by atoms with Crippen molar-refractivity contribution in [1.82, 2.24) is 10.3 Å². The molecule has 20 heavy (non-hydrogen) atoms. The van der Waals surface area contributed by atoms with Crippen LogP contribution in [0.3, 0.4) is 0 Å². The number of likely N-dealkylation sites (N-methyl/N-ethyl adjacent to an activating group) is 1. The molecule has 0 spiro atoms. The summed E-state index contributed by atoms with van der Waals surface area (Å²) < 4.78 is 0. The topological polar surface area (TPSA) is 24.9 Å². The summed E-state index contributed by atoms with van der Waals surface area (Å²) in [6.07, 6.45) is 7.14. The molecule has 2 rings (SSSR count). The molecule has 1 N–H and O–H groups in total. The fourth-order valence-corrected chi connectivity index (χ4v) is 2.59. The second kappa shape index (κ2) is 7.81. The van der Waals surface area contributed by atoms with Gasteiger partial charge >= 0.3 is 0 Å². The Labute approximate surface area is 122 Å². The summed E-state index contributed by atoms with van der Waals surface area (Å²) in [5, 5.41) is 3.59. The fraction of sp³-hybridized carbons (Fsp3) is 0.389. The second-order valence-electron chi connectivity index (χ2n) is 5.29. The van der Waals surface area contributed by atoms with E-state index in [1.54, 1.807) is 0 Å². The summed E-state index contributed by atoms with van der Waals surface area (Å²) in [4.78, 5) is 4.20. The zero-order chi connectivity index (χ0) is 14.2. The van der Waals surface area contributed by atoms with E-state index < -0.39 is 0 Å². The molecule has 1 aromatic heterocycles. The lowest BCUT2D eigenvalue weighted by atomic mass is 9.97. The number of hydrogen-bond donors (Lipinski definition) is 1. The number of aromatic nitrogens is 1. The minimum atomic E-state index is 0.517. The highest BCUT2D eigenvalue weighted by Crippen LogP contribution is 2.13. The Morgan fingerprint density at radius 3 is 2.70 bits per heavy atom. The number of nitrogens with zero attached hydrogens (tertiary/aromatic N) is 1. The van der Waals surface area contributed by atoms with Crippen LogP contribution in [0.25, 0.3) is 0 Å². The van der Waals surface area contributed by atoms with Gasteiger partial charge in [0.15, 0.2) is 0 Å². The molecule has 1 unspecified atom stereocenters. The number of hydrogen-bond acceptors (Lipinski definition) is 2. The molecule has 0 radical (unpaired) electrons. The average Bonchev–Trinajstić information content (AvgIpc) is 2.47. The highest BCUT2D eigenvalue weighted by atomic mass is 14.9. The summed E-state index contributed by atoms with van der Waals surface area (Å²) in [6.45, 7) is 5.38. The van der Waals surface area contributed by atoms with Crippen LogP contribution in [0.5, 0.6) is 0 Å². The molecule has 2 aromatic rings. The van der Waals surface area contributed by atoms with Crippen molar-refractivity contribution in [3.8, 4) is 0 Å². The van der Waals surface area contributed by atoms with Crippen molar-refractivity contribution in [1.29, 1.82) is 0 Å². The fourth-order valence-electron chi connectivity index (χ4n) is 2.59. The maximum absolute atomic E-state index is 4.20. The zero-order valence-corrected chi connectivity index (χ0v) is 12.5. The van der Waals surface area contributed by atoms with Crippen LogP contribution in [0.2, 0.25) is 0 Å². The van der Waals surface area contributed by atoms with Gasteiger partial charge in [0.05, 0.1) is 0 Å². The largest absolute Gasteiger partial charge is 0.314 e. The maximum Gasteiger partial charge on any atom is 0.0300 e. The van der Waals surface area contributed by atoms with Crippen molar-refractivity contribution in [3.05, 3.63) is 65.5 Å². The molecule has 0 saturated heterocycles. The first-order valence-corrected chi connectivity index (χ1v) is 7.46. The maximum atomic E-state index is 4.20. The van der Waals surface area contributed by atoms with Crippen LogP contribution in [0.1, 0.15) is 30.0 Å². The predicted molar refractivity (Wildman–Crippen MR) is 84.9 cm³/mol. The summed E-state index contributed by atoms with van der Waals surface area (Å²) in [7, 11) is 0. The van der Waals surface area contributed by atoms with E-state index in [1.165, 1.54) is 16.7 Å². The third kappa shape index (κ3) is 4.46. The summed E-state index contributed by atoms with van der Waals surface area (Å²) >= 11 is 0. The number of nitrogens with one attached hydrogen (secondary N) is 1. The van der Waals surface area contributed by atoms with Gasteiger partial charge in [-0.3, -0.25) is 4.98 Å². The van der Waals surface area contributed by atoms with E-state index in [-0.39, 0.29) is 0 Å². The van der Waals surface area contributed by atoms with Crippen LogP contribution >= 0.6 is 0 Å². The van der Waals surface area contributed by atoms with Crippen molar-refractivity contribution in [2.75, 3.05) is 6.54 Å². The number of benzene rings is 1. The van der Waals surface area contributed by atoms with Crippen LogP contribution in [0, 0.1) is 6.92 Å². The minimum absolute atomic E-state index is 0.517. The first kappa shape index (κ1) is 14.7. The lowest BCUT2D eigenvalue weighted by Gasteiger charge is -2.18. The molecule has 0 aliphatic rings. The average molecular weight is 268 g/mol. The Morgan fingerprint density at radius 1 is 1.15 bits per heavy atom. The molecule has 0 bridgehead atoms. The molecular weight excluding hydrogens is 244 g/mol. The first-order chi connectivity index (χ1) is 9.79. The van der Waals surface area contributed by atoms with E-state index in [2.05, 4.69) is 54.5 Å². The summed E-state index contributed by atoms with van der Waals surface area (Å²) in [5.41, 5.74) is 4.16.